The molecule has 4 rings (SSSR count). The van der Waals surface area contributed by atoms with Crippen LogP contribution in [-0.4, -0.2) is 39.7 Å². The average molecular weight is 492 g/mol. The summed E-state index contributed by atoms with van der Waals surface area (Å²) in [5.41, 5.74) is 2.43. The Hall–Kier alpha value is -4.04. The van der Waals surface area contributed by atoms with Gasteiger partial charge in [0.15, 0.2) is 11.5 Å². The summed E-state index contributed by atoms with van der Waals surface area (Å²) in [6.07, 6.45) is 3.14. The second-order valence-electron chi connectivity index (χ2n) is 7.68. The van der Waals surface area contributed by atoms with Gasteiger partial charge < -0.3 is 14.2 Å². The van der Waals surface area contributed by atoms with Gasteiger partial charge in [-0.2, -0.15) is 0 Å². The van der Waals surface area contributed by atoms with Crippen molar-refractivity contribution < 1.29 is 27.4 Å². The minimum absolute atomic E-state index is 0.165. The number of esters is 1. The quantitative estimate of drug-likeness (QED) is 0.263. The Morgan fingerprint density at radius 1 is 0.886 bits per heavy atom. The Bertz CT molecular complexity index is 1500. The van der Waals surface area contributed by atoms with Gasteiger partial charge in [-0.3, -0.25) is 0 Å². The molecule has 0 N–H and O–H groups in total. The fourth-order valence-electron chi connectivity index (χ4n) is 4.02. The molecule has 1 heterocycles. The van der Waals surface area contributed by atoms with Crippen molar-refractivity contribution in [3.05, 3.63) is 95.7 Å². The van der Waals surface area contributed by atoms with Crippen molar-refractivity contribution in [2.24, 2.45) is 0 Å². The number of carbonyl (C=O) groups is 1. The van der Waals surface area contributed by atoms with Crippen LogP contribution in [-0.2, 0) is 26.0 Å². The molecule has 0 saturated heterocycles. The molecule has 180 valence electrons. The first-order valence-electron chi connectivity index (χ1n) is 10.8. The number of para-hydroxylation sites is 1. The summed E-state index contributed by atoms with van der Waals surface area (Å²) >= 11 is 0. The van der Waals surface area contributed by atoms with Gasteiger partial charge in [0.1, 0.15) is 0 Å². The molecule has 1 aromatic heterocycles. The summed E-state index contributed by atoms with van der Waals surface area (Å²) in [7, 11) is 0.432. The van der Waals surface area contributed by atoms with E-state index in [-0.39, 0.29) is 11.3 Å². The molecule has 0 aliphatic rings. The SMILES string of the molecule is COC(=O)/C=C/c1c(Cc2ccc(OC)c(OC)c2)n(S(=O)(=O)c2ccccc2)c2ccccc12. The van der Waals surface area contributed by atoms with Crippen LogP contribution >= 0.6 is 0 Å². The van der Waals surface area contributed by atoms with Crippen LogP contribution in [0.1, 0.15) is 16.8 Å². The van der Waals surface area contributed by atoms with Gasteiger partial charge in [-0.15, -0.1) is 0 Å². The molecule has 0 aliphatic heterocycles. The first-order chi connectivity index (χ1) is 16.9. The van der Waals surface area contributed by atoms with E-state index in [4.69, 9.17) is 14.2 Å². The Kier molecular flexibility index (Phi) is 6.93. The van der Waals surface area contributed by atoms with E-state index in [0.717, 1.165) is 5.56 Å². The third-order valence-electron chi connectivity index (χ3n) is 5.66. The first-order valence-corrected chi connectivity index (χ1v) is 12.2. The first kappa shape index (κ1) is 24.1. The minimum Gasteiger partial charge on any atom is -0.493 e. The highest BCUT2D eigenvalue weighted by Gasteiger charge is 2.26. The van der Waals surface area contributed by atoms with Gasteiger partial charge in [-0.25, -0.2) is 17.2 Å². The van der Waals surface area contributed by atoms with Crippen LogP contribution in [0.4, 0.5) is 0 Å². The summed E-state index contributed by atoms with van der Waals surface area (Å²) in [6, 6.07) is 20.9. The lowest BCUT2D eigenvalue weighted by Crippen LogP contribution is -2.16. The second-order valence-corrected chi connectivity index (χ2v) is 9.47. The number of carbonyl (C=O) groups excluding carboxylic acids is 1. The van der Waals surface area contributed by atoms with Gasteiger partial charge in [0.25, 0.3) is 10.0 Å². The Morgan fingerprint density at radius 2 is 1.57 bits per heavy atom. The normalized spacial score (nSPS) is 11.6. The smallest absolute Gasteiger partial charge is 0.330 e. The Morgan fingerprint density at radius 3 is 2.26 bits per heavy atom. The van der Waals surface area contributed by atoms with E-state index in [1.54, 1.807) is 68.8 Å². The van der Waals surface area contributed by atoms with Crippen molar-refractivity contribution in [3.63, 3.8) is 0 Å². The number of fused-ring (bicyclic) bond motifs is 1. The molecule has 4 aromatic rings. The molecule has 0 atom stereocenters. The lowest BCUT2D eigenvalue weighted by Gasteiger charge is -2.14. The van der Waals surface area contributed by atoms with Crippen molar-refractivity contribution in [2.45, 2.75) is 11.3 Å². The highest BCUT2D eigenvalue weighted by molar-refractivity contribution is 7.90. The van der Waals surface area contributed by atoms with E-state index in [1.807, 2.05) is 24.3 Å². The standard InChI is InChI=1S/C27H25NO6S/c1-32-25-15-13-19(18-26(25)33-2)17-24-22(14-16-27(29)34-3)21-11-7-8-12-23(21)28(24)35(30,31)20-9-5-4-6-10-20/h4-16,18H,17H2,1-3H3/b16-14+. The number of nitrogens with zero attached hydrogens (tertiary/aromatic N) is 1. The number of rotatable bonds is 8. The molecule has 8 heteroatoms. The zero-order chi connectivity index (χ0) is 25.0. The molecular weight excluding hydrogens is 466 g/mol. The highest BCUT2D eigenvalue weighted by Crippen LogP contribution is 2.35. The average Bonchev–Trinajstić information content (AvgIpc) is 3.21. The number of hydrogen-bond donors (Lipinski definition) is 0. The predicted molar refractivity (Wildman–Crippen MR) is 134 cm³/mol. The van der Waals surface area contributed by atoms with Gasteiger partial charge in [-0.1, -0.05) is 42.5 Å². The second kappa shape index (κ2) is 10.1. The lowest BCUT2D eigenvalue weighted by atomic mass is 10.0. The summed E-state index contributed by atoms with van der Waals surface area (Å²) in [5, 5.41) is 0.697. The Labute approximate surface area is 204 Å². The topological polar surface area (TPSA) is 83.8 Å². The minimum atomic E-state index is -3.96. The van der Waals surface area contributed by atoms with E-state index >= 15 is 0 Å². The van der Waals surface area contributed by atoms with Crippen molar-refractivity contribution in [1.29, 1.82) is 0 Å². The molecule has 3 aromatic carbocycles. The molecule has 0 amide bonds. The highest BCUT2D eigenvalue weighted by atomic mass is 32.2. The van der Waals surface area contributed by atoms with Gasteiger partial charge in [0, 0.05) is 29.1 Å². The van der Waals surface area contributed by atoms with Crippen molar-refractivity contribution in [3.8, 4) is 11.5 Å². The molecule has 0 unspecified atom stereocenters. The van der Waals surface area contributed by atoms with Crippen molar-refractivity contribution in [2.75, 3.05) is 21.3 Å². The van der Waals surface area contributed by atoms with Gasteiger partial charge in [-0.05, 0) is 42.0 Å². The van der Waals surface area contributed by atoms with Crippen LogP contribution in [0.2, 0.25) is 0 Å². The molecule has 0 radical (unpaired) electrons. The van der Waals surface area contributed by atoms with Crippen LogP contribution in [0.5, 0.6) is 11.5 Å². The molecular formula is C27H25NO6S. The molecule has 0 fully saturated rings. The summed E-state index contributed by atoms with van der Waals surface area (Å²) < 4.78 is 44.7. The van der Waals surface area contributed by atoms with E-state index in [0.29, 0.717) is 33.7 Å². The molecule has 0 spiro atoms. The maximum Gasteiger partial charge on any atom is 0.330 e. The zero-order valence-electron chi connectivity index (χ0n) is 19.6. The fraction of sp³-hybridized carbons (Fsp3) is 0.148. The van der Waals surface area contributed by atoms with E-state index in [1.165, 1.54) is 17.2 Å². The molecule has 35 heavy (non-hydrogen) atoms. The van der Waals surface area contributed by atoms with Crippen molar-refractivity contribution >= 4 is 33.0 Å². The van der Waals surface area contributed by atoms with Crippen LogP contribution < -0.4 is 9.47 Å². The van der Waals surface area contributed by atoms with Crippen LogP contribution in [0, 0.1) is 0 Å². The lowest BCUT2D eigenvalue weighted by molar-refractivity contribution is -0.134. The zero-order valence-corrected chi connectivity index (χ0v) is 20.4. The molecule has 7 nitrogen and oxygen atoms in total. The fourth-order valence-corrected chi connectivity index (χ4v) is 5.60. The maximum absolute atomic E-state index is 13.9. The van der Waals surface area contributed by atoms with E-state index < -0.39 is 16.0 Å². The van der Waals surface area contributed by atoms with Crippen LogP contribution in [0.25, 0.3) is 17.0 Å². The molecule has 0 saturated carbocycles. The van der Waals surface area contributed by atoms with Gasteiger partial charge in [0.2, 0.25) is 0 Å². The van der Waals surface area contributed by atoms with Crippen LogP contribution in [0.3, 0.4) is 0 Å². The number of aromatic nitrogens is 1. The molecule has 0 bridgehead atoms. The van der Waals surface area contributed by atoms with Crippen molar-refractivity contribution in [1.82, 2.24) is 3.97 Å². The van der Waals surface area contributed by atoms with Crippen LogP contribution in [0.15, 0.2) is 83.8 Å². The predicted octanol–water partition coefficient (Wildman–Crippen LogP) is 4.67. The summed E-state index contributed by atoms with van der Waals surface area (Å²) in [4.78, 5) is 12.1. The molecule has 0 aliphatic carbocycles. The van der Waals surface area contributed by atoms with E-state index in [9.17, 15) is 13.2 Å². The van der Waals surface area contributed by atoms with E-state index in [2.05, 4.69) is 0 Å². The third kappa shape index (κ3) is 4.65. The largest absolute Gasteiger partial charge is 0.493 e. The number of hydrogen-bond acceptors (Lipinski definition) is 6. The monoisotopic (exact) mass is 491 g/mol. The summed E-state index contributed by atoms with van der Waals surface area (Å²) in [6.45, 7) is 0. The van der Waals surface area contributed by atoms with Gasteiger partial charge in [0.05, 0.1) is 31.7 Å². The Balaban J connectivity index is 2.01. The number of methoxy groups -OCH3 is 3. The number of ether oxygens (including phenoxy) is 3. The summed E-state index contributed by atoms with van der Waals surface area (Å²) in [5.74, 6) is 0.564. The maximum atomic E-state index is 13.9. The third-order valence-corrected chi connectivity index (χ3v) is 7.42. The van der Waals surface area contributed by atoms with Gasteiger partial charge >= 0.3 is 5.97 Å². The number of benzene rings is 3.